The van der Waals surface area contributed by atoms with Gasteiger partial charge in [-0.1, -0.05) is 0 Å². The quantitative estimate of drug-likeness (QED) is 0.771. The van der Waals surface area contributed by atoms with Gasteiger partial charge in [-0.05, 0) is 50.2 Å². The number of nitrogens with zero attached hydrogens (tertiary/aromatic N) is 1. The number of anilines is 2. The molecule has 8 heteroatoms. The average molecular weight is 423 g/mol. The zero-order valence-electron chi connectivity index (χ0n) is 17.5. The minimum Gasteiger partial charge on any atom is -0.486 e. The van der Waals surface area contributed by atoms with Crippen molar-refractivity contribution in [3.63, 3.8) is 0 Å². The molecule has 0 unspecified atom stereocenters. The third-order valence-electron chi connectivity index (χ3n) is 5.37. The lowest BCUT2D eigenvalue weighted by Gasteiger charge is -2.20. The van der Waals surface area contributed by atoms with Crippen molar-refractivity contribution in [2.24, 2.45) is 5.92 Å². The summed E-state index contributed by atoms with van der Waals surface area (Å²) in [5.74, 6) is 0.427. The molecule has 2 aromatic rings. The van der Waals surface area contributed by atoms with Crippen LogP contribution in [0.5, 0.6) is 11.5 Å². The molecule has 2 N–H and O–H groups in total. The van der Waals surface area contributed by atoms with Gasteiger partial charge < -0.3 is 25.0 Å². The van der Waals surface area contributed by atoms with E-state index in [4.69, 9.17) is 9.47 Å². The minimum absolute atomic E-state index is 0.00121. The Morgan fingerprint density at radius 3 is 2.32 bits per heavy atom. The lowest BCUT2D eigenvalue weighted by Crippen LogP contribution is -2.33. The van der Waals surface area contributed by atoms with Gasteiger partial charge in [-0.25, -0.2) is 0 Å². The minimum atomic E-state index is -0.368. The summed E-state index contributed by atoms with van der Waals surface area (Å²) >= 11 is 0. The topological polar surface area (TPSA) is 97.0 Å². The van der Waals surface area contributed by atoms with E-state index in [9.17, 15) is 14.4 Å². The Kier molecular flexibility index (Phi) is 5.79. The SMILES string of the molecule is CC(C)N1C[C@H](C(=O)Nc2ccc(C(=O)Nc3ccc4c(c3)OCCO4)cc2)CC1=O. The van der Waals surface area contributed by atoms with Crippen molar-refractivity contribution in [3.05, 3.63) is 48.0 Å². The van der Waals surface area contributed by atoms with Crippen LogP contribution in [0.25, 0.3) is 0 Å². The number of likely N-dealkylation sites (tertiary alicyclic amines) is 1. The largest absolute Gasteiger partial charge is 0.486 e. The molecule has 2 heterocycles. The molecule has 3 amide bonds. The van der Waals surface area contributed by atoms with E-state index < -0.39 is 0 Å². The fraction of sp³-hybridized carbons (Fsp3) is 0.348. The Balaban J connectivity index is 1.35. The van der Waals surface area contributed by atoms with Crippen LogP contribution >= 0.6 is 0 Å². The van der Waals surface area contributed by atoms with E-state index >= 15 is 0 Å². The van der Waals surface area contributed by atoms with Gasteiger partial charge in [0.2, 0.25) is 11.8 Å². The highest BCUT2D eigenvalue weighted by atomic mass is 16.6. The molecule has 0 bridgehead atoms. The zero-order valence-corrected chi connectivity index (χ0v) is 17.5. The third kappa shape index (κ3) is 4.63. The molecule has 2 aliphatic rings. The Labute approximate surface area is 180 Å². The van der Waals surface area contributed by atoms with Crippen molar-refractivity contribution in [3.8, 4) is 11.5 Å². The molecule has 162 valence electrons. The number of fused-ring (bicyclic) bond motifs is 1. The highest BCUT2D eigenvalue weighted by Gasteiger charge is 2.35. The van der Waals surface area contributed by atoms with Crippen molar-refractivity contribution < 1.29 is 23.9 Å². The first-order valence-electron chi connectivity index (χ1n) is 10.3. The van der Waals surface area contributed by atoms with Gasteiger partial charge in [-0.2, -0.15) is 0 Å². The van der Waals surface area contributed by atoms with Crippen LogP contribution in [0.15, 0.2) is 42.5 Å². The first kappa shape index (κ1) is 20.7. The van der Waals surface area contributed by atoms with E-state index in [1.807, 2.05) is 13.8 Å². The summed E-state index contributed by atoms with van der Waals surface area (Å²) in [6, 6.07) is 12.0. The van der Waals surface area contributed by atoms with Gasteiger partial charge in [0.05, 0.1) is 5.92 Å². The molecule has 31 heavy (non-hydrogen) atoms. The third-order valence-corrected chi connectivity index (χ3v) is 5.37. The molecular formula is C23H25N3O5. The van der Waals surface area contributed by atoms with Crippen LogP contribution in [0, 0.1) is 5.92 Å². The van der Waals surface area contributed by atoms with Crippen LogP contribution in [0.1, 0.15) is 30.6 Å². The van der Waals surface area contributed by atoms with E-state index in [1.165, 1.54) is 0 Å². The number of hydrogen-bond donors (Lipinski definition) is 2. The zero-order chi connectivity index (χ0) is 22.0. The number of hydrogen-bond acceptors (Lipinski definition) is 5. The Morgan fingerprint density at radius 1 is 0.968 bits per heavy atom. The molecule has 2 aliphatic heterocycles. The smallest absolute Gasteiger partial charge is 0.255 e. The maximum atomic E-state index is 12.5. The highest BCUT2D eigenvalue weighted by molar-refractivity contribution is 6.05. The first-order valence-corrected chi connectivity index (χ1v) is 10.3. The predicted octanol–water partition coefficient (Wildman–Crippen LogP) is 2.91. The van der Waals surface area contributed by atoms with Crippen molar-refractivity contribution in [2.75, 3.05) is 30.4 Å². The van der Waals surface area contributed by atoms with Crippen LogP contribution in [0.2, 0.25) is 0 Å². The van der Waals surface area contributed by atoms with Gasteiger partial charge in [0.15, 0.2) is 11.5 Å². The van der Waals surface area contributed by atoms with Gasteiger partial charge in [-0.3, -0.25) is 14.4 Å². The maximum absolute atomic E-state index is 12.5. The molecule has 0 spiro atoms. The van der Waals surface area contributed by atoms with Gasteiger partial charge in [-0.15, -0.1) is 0 Å². The van der Waals surface area contributed by atoms with E-state index in [0.717, 1.165) is 0 Å². The van der Waals surface area contributed by atoms with Crippen LogP contribution in [0.3, 0.4) is 0 Å². The molecule has 1 saturated heterocycles. The second-order valence-electron chi connectivity index (χ2n) is 7.92. The van der Waals surface area contributed by atoms with Gasteiger partial charge in [0, 0.05) is 42.0 Å². The summed E-state index contributed by atoms with van der Waals surface area (Å²) in [5, 5.41) is 5.66. The highest BCUT2D eigenvalue weighted by Crippen LogP contribution is 2.32. The molecule has 2 aromatic carbocycles. The summed E-state index contributed by atoms with van der Waals surface area (Å²) in [5.41, 5.74) is 1.64. The molecule has 4 rings (SSSR count). The van der Waals surface area contributed by atoms with E-state index in [2.05, 4.69) is 10.6 Å². The normalized spacial score (nSPS) is 17.6. The molecular weight excluding hydrogens is 398 g/mol. The Bertz CT molecular complexity index is 1000. The molecule has 0 radical (unpaired) electrons. The Morgan fingerprint density at radius 2 is 1.65 bits per heavy atom. The molecule has 0 aliphatic carbocycles. The number of carbonyl (C=O) groups excluding carboxylic acids is 3. The predicted molar refractivity (Wildman–Crippen MR) is 115 cm³/mol. The summed E-state index contributed by atoms with van der Waals surface area (Å²) in [4.78, 5) is 38.8. The maximum Gasteiger partial charge on any atom is 0.255 e. The summed E-state index contributed by atoms with van der Waals surface area (Å²) in [6.45, 7) is 5.29. The first-order chi connectivity index (χ1) is 14.9. The molecule has 1 atom stereocenters. The fourth-order valence-electron chi connectivity index (χ4n) is 3.68. The van der Waals surface area contributed by atoms with Crippen LogP contribution in [-0.4, -0.2) is 48.4 Å². The standard InChI is InChI=1S/C23H25N3O5/c1-14(2)26-13-16(11-21(26)27)23(29)24-17-5-3-15(4-6-17)22(28)25-18-7-8-19-20(12-18)31-10-9-30-19/h3-8,12,14,16H,9-11,13H2,1-2H3,(H,24,29)(H,25,28)/t16-/m1/s1. The number of nitrogens with one attached hydrogen (secondary N) is 2. The number of ether oxygens (including phenoxy) is 2. The number of carbonyl (C=O) groups is 3. The number of benzene rings is 2. The van der Waals surface area contributed by atoms with Gasteiger partial charge in [0.1, 0.15) is 13.2 Å². The second-order valence-corrected chi connectivity index (χ2v) is 7.92. The number of rotatable bonds is 5. The van der Waals surface area contributed by atoms with Crippen LogP contribution in [0.4, 0.5) is 11.4 Å². The molecule has 0 saturated carbocycles. The molecule has 8 nitrogen and oxygen atoms in total. The van der Waals surface area contributed by atoms with E-state index in [0.29, 0.717) is 48.2 Å². The monoisotopic (exact) mass is 423 g/mol. The summed E-state index contributed by atoms with van der Waals surface area (Å²) < 4.78 is 11.0. The lowest BCUT2D eigenvalue weighted by atomic mass is 10.1. The van der Waals surface area contributed by atoms with E-state index in [1.54, 1.807) is 47.4 Å². The summed E-state index contributed by atoms with van der Waals surface area (Å²) in [6.07, 6.45) is 0.222. The van der Waals surface area contributed by atoms with Crippen LogP contribution < -0.4 is 20.1 Å². The van der Waals surface area contributed by atoms with E-state index in [-0.39, 0.29) is 36.1 Å². The average Bonchev–Trinajstić information content (AvgIpc) is 3.16. The lowest BCUT2D eigenvalue weighted by molar-refractivity contribution is -0.129. The molecule has 0 aromatic heterocycles. The van der Waals surface area contributed by atoms with Crippen LogP contribution in [-0.2, 0) is 9.59 Å². The Hall–Kier alpha value is -3.55. The van der Waals surface area contributed by atoms with Crippen molar-refractivity contribution >= 4 is 29.1 Å². The second kappa shape index (κ2) is 8.67. The molecule has 1 fully saturated rings. The fourth-order valence-corrected chi connectivity index (χ4v) is 3.68. The van der Waals surface area contributed by atoms with Gasteiger partial charge >= 0.3 is 0 Å². The number of amides is 3. The van der Waals surface area contributed by atoms with Gasteiger partial charge in [0.25, 0.3) is 5.91 Å². The summed E-state index contributed by atoms with van der Waals surface area (Å²) in [7, 11) is 0. The van der Waals surface area contributed by atoms with Crippen molar-refractivity contribution in [1.29, 1.82) is 0 Å². The van der Waals surface area contributed by atoms with Crippen molar-refractivity contribution in [2.45, 2.75) is 26.3 Å². The van der Waals surface area contributed by atoms with Crippen molar-refractivity contribution in [1.82, 2.24) is 4.90 Å².